The topological polar surface area (TPSA) is 50.7 Å². The molecule has 0 spiro atoms. The first kappa shape index (κ1) is 14.0. The lowest BCUT2D eigenvalue weighted by atomic mass is 10.1. The van der Waals surface area contributed by atoms with Crippen LogP contribution in [0.5, 0.6) is 5.75 Å². The second-order valence-electron chi connectivity index (χ2n) is 3.87. The molecule has 0 heterocycles. The van der Waals surface area contributed by atoms with E-state index in [1.165, 1.54) is 0 Å². The van der Waals surface area contributed by atoms with Gasteiger partial charge in [-0.15, -0.1) is 0 Å². The Morgan fingerprint density at radius 3 is 2.24 bits per heavy atom. The van der Waals surface area contributed by atoms with Crippen LogP contribution in [-0.4, -0.2) is 38.2 Å². The Bertz CT molecular complexity index is 309. The van der Waals surface area contributed by atoms with Crippen molar-refractivity contribution in [2.75, 3.05) is 20.8 Å². The van der Waals surface area contributed by atoms with Crippen LogP contribution in [0.4, 0.5) is 0 Å². The quantitative estimate of drug-likeness (QED) is 0.709. The summed E-state index contributed by atoms with van der Waals surface area (Å²) in [6.45, 7) is 2.90. The second-order valence-corrected chi connectivity index (χ2v) is 3.87. The summed E-state index contributed by atoms with van der Waals surface area (Å²) in [6, 6.07) is 7.28. The van der Waals surface area contributed by atoms with Gasteiger partial charge in [-0.1, -0.05) is 19.1 Å². The first-order chi connectivity index (χ1) is 8.21. The van der Waals surface area contributed by atoms with Crippen molar-refractivity contribution < 1.29 is 14.6 Å². The van der Waals surface area contributed by atoms with Crippen molar-refractivity contribution in [1.82, 2.24) is 5.32 Å². The molecule has 0 fully saturated rings. The van der Waals surface area contributed by atoms with Crippen molar-refractivity contribution in [2.24, 2.45) is 0 Å². The van der Waals surface area contributed by atoms with Crippen molar-refractivity contribution in [2.45, 2.75) is 25.7 Å². The average Bonchev–Trinajstić information content (AvgIpc) is 2.34. The number of aromatic hydroxyl groups is 1. The summed E-state index contributed by atoms with van der Waals surface area (Å²) in [6.07, 6.45) is 0.518. The zero-order valence-corrected chi connectivity index (χ0v) is 10.6. The minimum atomic E-state index is -0.274. The van der Waals surface area contributed by atoms with Crippen LogP contribution in [0, 0.1) is 0 Å². The fourth-order valence-electron chi connectivity index (χ4n) is 1.84. The number of benzene rings is 1. The van der Waals surface area contributed by atoms with Gasteiger partial charge in [0.2, 0.25) is 0 Å². The van der Waals surface area contributed by atoms with Crippen LogP contribution in [0.25, 0.3) is 0 Å². The Balaban J connectivity index is 2.68. The largest absolute Gasteiger partial charge is 0.508 e. The van der Waals surface area contributed by atoms with Gasteiger partial charge in [0.25, 0.3) is 0 Å². The van der Waals surface area contributed by atoms with Gasteiger partial charge in [-0.3, -0.25) is 0 Å². The van der Waals surface area contributed by atoms with Crippen molar-refractivity contribution in [3.05, 3.63) is 29.8 Å². The predicted molar refractivity (Wildman–Crippen MR) is 67.1 cm³/mol. The van der Waals surface area contributed by atoms with Gasteiger partial charge in [0, 0.05) is 14.2 Å². The van der Waals surface area contributed by atoms with Gasteiger partial charge in [-0.2, -0.15) is 0 Å². The van der Waals surface area contributed by atoms with Gasteiger partial charge in [-0.05, 0) is 30.7 Å². The number of phenolic OH excluding ortho intramolecular Hbond substituents is 1. The average molecular weight is 239 g/mol. The molecule has 17 heavy (non-hydrogen) atoms. The fraction of sp³-hybridized carbons (Fsp3) is 0.538. The third-order valence-corrected chi connectivity index (χ3v) is 2.65. The highest BCUT2D eigenvalue weighted by molar-refractivity contribution is 5.26. The van der Waals surface area contributed by atoms with E-state index < -0.39 is 0 Å². The molecule has 96 valence electrons. The van der Waals surface area contributed by atoms with Crippen LogP contribution in [0.15, 0.2) is 24.3 Å². The lowest BCUT2D eigenvalue weighted by Gasteiger charge is -2.25. The zero-order valence-electron chi connectivity index (χ0n) is 10.6. The molecule has 4 heteroatoms. The van der Waals surface area contributed by atoms with E-state index in [0.717, 1.165) is 18.5 Å². The van der Waals surface area contributed by atoms with E-state index >= 15 is 0 Å². The molecule has 1 unspecified atom stereocenters. The molecule has 1 aromatic carbocycles. The molecule has 1 atom stereocenters. The molecule has 0 aliphatic carbocycles. The highest BCUT2D eigenvalue weighted by Gasteiger charge is 2.20. The smallest absolute Gasteiger partial charge is 0.172 e. The van der Waals surface area contributed by atoms with Gasteiger partial charge in [-0.25, -0.2) is 0 Å². The maximum absolute atomic E-state index is 9.23. The van der Waals surface area contributed by atoms with E-state index in [9.17, 15) is 5.11 Å². The Morgan fingerprint density at radius 2 is 1.76 bits per heavy atom. The molecule has 0 saturated heterocycles. The molecule has 0 amide bonds. The fourth-order valence-corrected chi connectivity index (χ4v) is 1.84. The van der Waals surface area contributed by atoms with Gasteiger partial charge in [0.1, 0.15) is 5.75 Å². The first-order valence-electron chi connectivity index (χ1n) is 5.78. The van der Waals surface area contributed by atoms with Crippen molar-refractivity contribution in [1.29, 1.82) is 0 Å². The van der Waals surface area contributed by atoms with E-state index in [4.69, 9.17) is 9.47 Å². The summed E-state index contributed by atoms with van der Waals surface area (Å²) < 4.78 is 10.6. The highest BCUT2D eigenvalue weighted by Crippen LogP contribution is 2.13. The highest BCUT2D eigenvalue weighted by atomic mass is 16.7. The molecule has 4 nitrogen and oxygen atoms in total. The van der Waals surface area contributed by atoms with Crippen molar-refractivity contribution in [3.8, 4) is 5.75 Å². The number of hydrogen-bond acceptors (Lipinski definition) is 4. The number of methoxy groups -OCH3 is 2. The maximum atomic E-state index is 9.23. The number of phenols is 1. The van der Waals surface area contributed by atoms with Crippen LogP contribution in [0.1, 0.15) is 12.5 Å². The lowest BCUT2D eigenvalue weighted by molar-refractivity contribution is -0.122. The number of ether oxygens (including phenoxy) is 2. The predicted octanol–water partition coefficient (Wildman–Crippen LogP) is 1.53. The normalized spacial score (nSPS) is 12.9. The molecule has 0 aliphatic heterocycles. The van der Waals surface area contributed by atoms with Gasteiger partial charge in [0.15, 0.2) is 6.29 Å². The molecular formula is C13H21NO3. The number of likely N-dealkylation sites (N-methyl/N-ethyl adjacent to an activating group) is 1. The molecule has 1 aromatic rings. The van der Waals surface area contributed by atoms with Crippen LogP contribution < -0.4 is 5.32 Å². The summed E-state index contributed by atoms with van der Waals surface area (Å²) in [5.74, 6) is 0.281. The molecule has 0 radical (unpaired) electrons. The number of nitrogens with one attached hydrogen (secondary N) is 1. The Morgan fingerprint density at radius 1 is 1.18 bits per heavy atom. The molecule has 0 bridgehead atoms. The van der Waals surface area contributed by atoms with E-state index in [-0.39, 0.29) is 18.1 Å². The Kier molecular flexibility index (Phi) is 5.97. The lowest BCUT2D eigenvalue weighted by Crippen LogP contribution is -2.43. The molecule has 0 aromatic heterocycles. The summed E-state index contributed by atoms with van der Waals surface area (Å²) in [7, 11) is 3.27. The minimum absolute atomic E-state index is 0.0968. The SMILES string of the molecule is CCNC(Cc1ccc(O)cc1)C(OC)OC. The standard InChI is InChI=1S/C13H21NO3/c1-4-14-12(13(16-2)17-3)9-10-5-7-11(15)8-6-10/h5-8,12-15H,4,9H2,1-3H3. The second kappa shape index (κ2) is 7.27. The van der Waals surface area contributed by atoms with Crippen molar-refractivity contribution in [3.63, 3.8) is 0 Å². The summed E-state index contributed by atoms with van der Waals surface area (Å²) >= 11 is 0. The third-order valence-electron chi connectivity index (χ3n) is 2.65. The van der Waals surface area contributed by atoms with Crippen molar-refractivity contribution >= 4 is 0 Å². The van der Waals surface area contributed by atoms with Gasteiger partial charge >= 0.3 is 0 Å². The Hall–Kier alpha value is -1.10. The van der Waals surface area contributed by atoms with Crippen LogP contribution >= 0.6 is 0 Å². The summed E-state index contributed by atoms with van der Waals surface area (Å²) in [5, 5.41) is 12.6. The zero-order chi connectivity index (χ0) is 12.7. The van der Waals surface area contributed by atoms with E-state index in [1.807, 2.05) is 19.1 Å². The van der Waals surface area contributed by atoms with E-state index in [0.29, 0.717) is 0 Å². The summed E-state index contributed by atoms with van der Waals surface area (Å²) in [5.41, 5.74) is 1.13. The molecule has 1 rings (SSSR count). The van der Waals surface area contributed by atoms with Gasteiger partial charge in [0.05, 0.1) is 6.04 Å². The Labute approximate surface area is 103 Å². The van der Waals surface area contributed by atoms with Crippen LogP contribution in [-0.2, 0) is 15.9 Å². The number of hydrogen-bond donors (Lipinski definition) is 2. The maximum Gasteiger partial charge on any atom is 0.172 e. The molecule has 0 aliphatic rings. The first-order valence-corrected chi connectivity index (χ1v) is 5.78. The van der Waals surface area contributed by atoms with E-state index in [1.54, 1.807) is 26.4 Å². The molecular weight excluding hydrogens is 218 g/mol. The molecule has 0 saturated carbocycles. The van der Waals surface area contributed by atoms with Crippen LogP contribution in [0.3, 0.4) is 0 Å². The molecule has 2 N–H and O–H groups in total. The number of rotatable bonds is 7. The summed E-state index contributed by atoms with van der Waals surface area (Å²) in [4.78, 5) is 0. The minimum Gasteiger partial charge on any atom is -0.508 e. The van der Waals surface area contributed by atoms with Crippen LogP contribution in [0.2, 0.25) is 0 Å². The van der Waals surface area contributed by atoms with Gasteiger partial charge < -0.3 is 19.9 Å². The monoisotopic (exact) mass is 239 g/mol. The van der Waals surface area contributed by atoms with E-state index in [2.05, 4.69) is 5.32 Å². The third kappa shape index (κ3) is 4.34.